The summed E-state index contributed by atoms with van der Waals surface area (Å²) in [5.41, 5.74) is -0.977. The number of imidazole rings is 1. The number of ether oxygens (including phenoxy) is 1. The molecule has 1 unspecified atom stereocenters. The Bertz CT molecular complexity index is 1750. The van der Waals surface area contributed by atoms with Gasteiger partial charge >= 0.3 is 6.18 Å². The minimum atomic E-state index is -4.65. The number of hydrogen-bond donors (Lipinski definition) is 1. The number of alkyl halides is 5. The maximum absolute atomic E-state index is 13.7. The first-order valence-electron chi connectivity index (χ1n) is 12.6. The normalized spacial score (nSPS) is 13.8. The summed E-state index contributed by atoms with van der Waals surface area (Å²) < 4.78 is 74.1. The highest BCUT2D eigenvalue weighted by molar-refractivity contribution is 6.36. The van der Waals surface area contributed by atoms with Crippen LogP contribution in [0.3, 0.4) is 0 Å². The lowest BCUT2D eigenvalue weighted by atomic mass is 9.83. The van der Waals surface area contributed by atoms with E-state index in [0.29, 0.717) is 22.0 Å². The summed E-state index contributed by atoms with van der Waals surface area (Å²) in [5, 5.41) is 12.9. The van der Waals surface area contributed by atoms with Crippen molar-refractivity contribution in [1.29, 1.82) is 0 Å². The molecule has 5 aromatic rings. The summed E-state index contributed by atoms with van der Waals surface area (Å²) in [4.78, 5) is 12.2. The highest BCUT2D eigenvalue weighted by atomic mass is 35.5. The molecule has 0 fully saturated rings. The predicted molar refractivity (Wildman–Crippen MR) is 147 cm³/mol. The first-order valence-corrected chi connectivity index (χ1v) is 13.0. The van der Waals surface area contributed by atoms with E-state index < -0.39 is 23.4 Å². The van der Waals surface area contributed by atoms with Crippen LogP contribution >= 0.6 is 11.6 Å². The number of benzene rings is 2. The number of aromatic nitrogens is 4. The van der Waals surface area contributed by atoms with Crippen molar-refractivity contribution in [3.05, 3.63) is 118 Å². The first kappa shape index (κ1) is 29.4. The summed E-state index contributed by atoms with van der Waals surface area (Å²) >= 11 is 6.90. The maximum Gasteiger partial charge on any atom is 0.433 e. The molecule has 12 heteroatoms. The molecule has 42 heavy (non-hydrogen) atoms. The number of fused-ring (bicyclic) bond motifs is 1. The van der Waals surface area contributed by atoms with Crippen molar-refractivity contribution in [1.82, 2.24) is 19.5 Å². The highest BCUT2D eigenvalue weighted by Crippen LogP contribution is 2.41. The second-order valence-corrected chi connectivity index (χ2v) is 10.3. The summed E-state index contributed by atoms with van der Waals surface area (Å²) in [6, 6.07) is 12.6. The zero-order chi connectivity index (χ0) is 30.4. The number of pyridine rings is 2. The Labute approximate surface area is 242 Å². The number of hydrogen-bond acceptors (Lipinski definition) is 5. The van der Waals surface area contributed by atoms with E-state index in [1.165, 1.54) is 31.8 Å². The Morgan fingerprint density at radius 2 is 1.60 bits per heavy atom. The molecule has 0 spiro atoms. The molecule has 0 aliphatic heterocycles. The zero-order valence-corrected chi connectivity index (χ0v) is 23.3. The van der Waals surface area contributed by atoms with Gasteiger partial charge in [0.15, 0.2) is 5.60 Å². The monoisotopic (exact) mass is 602 g/mol. The molecule has 6 nitrogen and oxygen atoms in total. The Hall–Kier alpha value is -4.09. The lowest BCUT2D eigenvalue weighted by Crippen LogP contribution is -2.31. The molecule has 218 valence electrons. The van der Waals surface area contributed by atoms with Crippen molar-refractivity contribution < 1.29 is 31.8 Å². The van der Waals surface area contributed by atoms with Crippen LogP contribution in [0.4, 0.5) is 22.0 Å². The summed E-state index contributed by atoms with van der Waals surface area (Å²) in [7, 11) is 3.07. The molecule has 0 amide bonds. The number of halogens is 6. The third-order valence-corrected chi connectivity index (χ3v) is 7.52. The van der Waals surface area contributed by atoms with E-state index in [1.54, 1.807) is 41.9 Å². The third-order valence-electron chi connectivity index (χ3n) is 7.09. The number of methoxy groups -OCH3 is 1. The first-order chi connectivity index (χ1) is 19.7. The van der Waals surface area contributed by atoms with Crippen molar-refractivity contribution in [2.45, 2.75) is 31.0 Å². The van der Waals surface area contributed by atoms with Gasteiger partial charge in [0.25, 0.3) is 5.92 Å². The molecular weight excluding hydrogens is 579 g/mol. The van der Waals surface area contributed by atoms with Gasteiger partial charge < -0.3 is 14.4 Å². The SMILES string of the molecule is COc1nc2ccc(C(O)(c3ccc(C(F)(F)F)nc3)c3cncn3C)cc2c(Cl)c1Cc1ccc(C(C)(F)F)cc1. The van der Waals surface area contributed by atoms with Gasteiger partial charge in [0, 0.05) is 48.7 Å². The van der Waals surface area contributed by atoms with Crippen molar-refractivity contribution in [2.24, 2.45) is 7.05 Å². The molecule has 0 saturated carbocycles. The van der Waals surface area contributed by atoms with Crippen LogP contribution in [-0.2, 0) is 31.2 Å². The van der Waals surface area contributed by atoms with Crippen LogP contribution in [0.2, 0.25) is 5.02 Å². The molecule has 2 aromatic carbocycles. The average molecular weight is 603 g/mol. The smallest absolute Gasteiger partial charge is 0.433 e. The fourth-order valence-corrected chi connectivity index (χ4v) is 5.15. The molecule has 3 heterocycles. The van der Waals surface area contributed by atoms with Gasteiger partial charge in [0.05, 0.1) is 35.9 Å². The largest absolute Gasteiger partial charge is 0.481 e. The minimum Gasteiger partial charge on any atom is -0.481 e. The summed E-state index contributed by atoms with van der Waals surface area (Å²) in [5.74, 6) is -2.75. The van der Waals surface area contributed by atoms with Gasteiger partial charge in [0.1, 0.15) is 5.69 Å². The average Bonchev–Trinajstić information content (AvgIpc) is 3.39. The Kier molecular flexibility index (Phi) is 7.44. The molecular formula is C30H24ClF5N4O2. The van der Waals surface area contributed by atoms with E-state index >= 15 is 0 Å². The minimum absolute atomic E-state index is 0.0732. The molecule has 5 rings (SSSR count). The van der Waals surface area contributed by atoms with Crippen LogP contribution in [-0.4, -0.2) is 31.7 Å². The topological polar surface area (TPSA) is 73.1 Å². The summed E-state index contributed by atoms with van der Waals surface area (Å²) in [6.07, 6.45) is -0.610. The van der Waals surface area contributed by atoms with Crippen LogP contribution < -0.4 is 4.74 Å². The predicted octanol–water partition coefficient (Wildman–Crippen LogP) is 7.03. The van der Waals surface area contributed by atoms with Crippen LogP contribution in [0.15, 0.2) is 73.3 Å². The highest BCUT2D eigenvalue weighted by Gasteiger charge is 2.39. The fraction of sp³-hybridized carbons (Fsp3) is 0.233. The van der Waals surface area contributed by atoms with Crippen LogP contribution in [0, 0.1) is 0 Å². The van der Waals surface area contributed by atoms with Gasteiger partial charge in [-0.25, -0.2) is 18.7 Å². The zero-order valence-electron chi connectivity index (χ0n) is 22.5. The molecule has 1 atom stereocenters. The van der Waals surface area contributed by atoms with Crippen LogP contribution in [0.1, 0.15) is 46.1 Å². The van der Waals surface area contributed by atoms with Gasteiger partial charge in [-0.3, -0.25) is 4.98 Å². The number of rotatable bonds is 7. The lowest BCUT2D eigenvalue weighted by Gasteiger charge is -2.30. The maximum atomic E-state index is 13.7. The fourth-order valence-electron chi connectivity index (χ4n) is 4.85. The number of aliphatic hydroxyl groups is 1. The Morgan fingerprint density at radius 3 is 2.14 bits per heavy atom. The van der Waals surface area contributed by atoms with Crippen molar-refractivity contribution in [2.75, 3.05) is 7.11 Å². The molecule has 0 saturated heterocycles. The summed E-state index contributed by atoms with van der Waals surface area (Å²) in [6.45, 7) is 0.820. The van der Waals surface area contributed by atoms with Crippen molar-refractivity contribution in [3.8, 4) is 5.88 Å². The van der Waals surface area contributed by atoms with Gasteiger partial charge in [0.2, 0.25) is 5.88 Å². The molecule has 3 aromatic heterocycles. The van der Waals surface area contributed by atoms with Crippen LogP contribution in [0.5, 0.6) is 5.88 Å². The van der Waals surface area contributed by atoms with Crippen LogP contribution in [0.25, 0.3) is 10.9 Å². The molecule has 0 aliphatic rings. The quantitative estimate of drug-likeness (QED) is 0.203. The third kappa shape index (κ3) is 5.30. The lowest BCUT2D eigenvalue weighted by molar-refractivity contribution is -0.141. The van der Waals surface area contributed by atoms with E-state index in [4.69, 9.17) is 16.3 Å². The molecule has 0 radical (unpaired) electrons. The molecule has 0 bridgehead atoms. The molecule has 1 N–H and O–H groups in total. The van der Waals surface area contributed by atoms with E-state index in [9.17, 15) is 27.1 Å². The number of nitrogens with zero attached hydrogens (tertiary/aromatic N) is 4. The second-order valence-electron chi connectivity index (χ2n) is 9.94. The van der Waals surface area contributed by atoms with E-state index in [0.717, 1.165) is 25.3 Å². The van der Waals surface area contributed by atoms with Gasteiger partial charge in [-0.05, 0) is 29.3 Å². The van der Waals surface area contributed by atoms with E-state index in [-0.39, 0.29) is 39.7 Å². The second kappa shape index (κ2) is 10.6. The Morgan fingerprint density at radius 1 is 0.929 bits per heavy atom. The van der Waals surface area contributed by atoms with E-state index in [2.05, 4.69) is 15.0 Å². The van der Waals surface area contributed by atoms with Crippen molar-refractivity contribution in [3.63, 3.8) is 0 Å². The van der Waals surface area contributed by atoms with Crippen molar-refractivity contribution >= 4 is 22.5 Å². The van der Waals surface area contributed by atoms with Gasteiger partial charge in [-0.15, -0.1) is 0 Å². The van der Waals surface area contributed by atoms with Gasteiger partial charge in [-0.1, -0.05) is 48.0 Å². The number of aryl methyl sites for hydroxylation is 1. The molecule has 0 aliphatic carbocycles. The van der Waals surface area contributed by atoms with Gasteiger partial charge in [-0.2, -0.15) is 13.2 Å². The standard InChI is InChI=1S/C30H24ClF5N4O2/c1-28(32,33)18-6-4-17(5-7-18)12-22-26(31)21-13-19(8-10-23(21)39-27(22)42-3)29(41,25-15-37-16-40(25)2)20-9-11-24(38-14-20)30(34,35)36/h4-11,13-16,41H,12H2,1-3H3. The van der Waals surface area contributed by atoms with E-state index in [1.807, 2.05) is 0 Å². The Balaban J connectivity index is 1.65.